The third kappa shape index (κ3) is 3.32. The molecule has 0 aliphatic heterocycles. The van der Waals surface area contributed by atoms with E-state index in [1.165, 1.54) is 6.42 Å². The Morgan fingerprint density at radius 2 is 2.06 bits per heavy atom. The zero-order valence-electron chi connectivity index (χ0n) is 11.0. The summed E-state index contributed by atoms with van der Waals surface area (Å²) in [5.41, 5.74) is 1.51. The van der Waals surface area contributed by atoms with Gasteiger partial charge in [0.2, 0.25) is 0 Å². The van der Waals surface area contributed by atoms with E-state index >= 15 is 0 Å². The van der Waals surface area contributed by atoms with E-state index < -0.39 is 6.10 Å². The summed E-state index contributed by atoms with van der Waals surface area (Å²) in [5, 5.41) is 18.9. The second kappa shape index (κ2) is 5.51. The first-order valence-electron chi connectivity index (χ1n) is 6.47. The molecule has 3 atom stereocenters. The van der Waals surface area contributed by atoms with Crippen molar-refractivity contribution in [3.05, 3.63) is 35.4 Å². The van der Waals surface area contributed by atoms with Gasteiger partial charge in [-0.05, 0) is 43.0 Å². The predicted octanol–water partition coefficient (Wildman–Crippen LogP) is 2.18. The molecule has 1 aliphatic rings. The van der Waals surface area contributed by atoms with E-state index in [2.05, 4.69) is 24.9 Å². The zero-order chi connectivity index (χ0) is 13.1. The highest BCUT2D eigenvalue weighted by molar-refractivity contribution is 5.32. The average molecular weight is 244 g/mol. The topological polar surface area (TPSA) is 47.3 Å². The Balaban J connectivity index is 1.86. The van der Waals surface area contributed by atoms with Gasteiger partial charge in [0.25, 0.3) is 0 Å². The van der Waals surface area contributed by atoms with Crippen molar-refractivity contribution < 1.29 is 5.11 Å². The number of hydrogen-bond acceptors (Lipinski definition) is 3. The van der Waals surface area contributed by atoms with Crippen LogP contribution in [0.5, 0.6) is 0 Å². The number of aliphatic hydroxyl groups excluding tert-OH is 1. The van der Waals surface area contributed by atoms with Crippen LogP contribution in [0.1, 0.15) is 30.6 Å². The minimum atomic E-state index is -0.475. The molecule has 1 saturated carbocycles. The lowest BCUT2D eigenvalue weighted by molar-refractivity contribution is 0.124. The summed E-state index contributed by atoms with van der Waals surface area (Å²) < 4.78 is 0. The van der Waals surface area contributed by atoms with Gasteiger partial charge in [-0.25, -0.2) is 0 Å². The van der Waals surface area contributed by atoms with Gasteiger partial charge >= 0.3 is 0 Å². The largest absolute Gasteiger partial charge is 0.387 e. The first-order chi connectivity index (χ1) is 8.60. The Bertz CT molecular complexity index is 435. The van der Waals surface area contributed by atoms with Gasteiger partial charge in [0.05, 0.1) is 17.7 Å². The van der Waals surface area contributed by atoms with E-state index in [1.807, 2.05) is 12.1 Å². The summed E-state index contributed by atoms with van der Waals surface area (Å²) in [6.45, 7) is 3.99. The normalized spacial score (nSPS) is 23.7. The molecule has 18 heavy (non-hydrogen) atoms. The summed E-state index contributed by atoms with van der Waals surface area (Å²) >= 11 is 0. The highest BCUT2D eigenvalue weighted by atomic mass is 16.3. The van der Waals surface area contributed by atoms with Gasteiger partial charge < -0.3 is 10.0 Å². The van der Waals surface area contributed by atoms with E-state index in [9.17, 15) is 5.11 Å². The van der Waals surface area contributed by atoms with Gasteiger partial charge in [-0.15, -0.1) is 0 Å². The quantitative estimate of drug-likeness (QED) is 0.863. The molecule has 1 N–H and O–H groups in total. The number of aliphatic hydroxyl groups is 1. The fourth-order valence-electron chi connectivity index (χ4n) is 2.31. The van der Waals surface area contributed by atoms with Crippen molar-refractivity contribution >= 4 is 0 Å². The van der Waals surface area contributed by atoms with Crippen LogP contribution in [0.15, 0.2) is 24.3 Å². The summed E-state index contributed by atoms with van der Waals surface area (Å²) in [6.07, 6.45) is 0.842. The minimum absolute atomic E-state index is 0.475. The molecule has 0 bridgehead atoms. The van der Waals surface area contributed by atoms with E-state index in [1.54, 1.807) is 12.1 Å². The SMILES string of the molecule is CC1CC1CN(C)CC(O)c1ccc(C#N)cc1. The Hall–Kier alpha value is -1.37. The molecule has 0 heterocycles. The molecule has 0 aromatic heterocycles. The highest BCUT2D eigenvalue weighted by Crippen LogP contribution is 2.38. The van der Waals surface area contributed by atoms with Gasteiger partial charge in [0, 0.05) is 13.1 Å². The Labute approximate surface area is 109 Å². The summed E-state index contributed by atoms with van der Waals surface area (Å²) in [4.78, 5) is 2.19. The van der Waals surface area contributed by atoms with Gasteiger partial charge in [0.1, 0.15) is 0 Å². The van der Waals surface area contributed by atoms with Crippen molar-refractivity contribution in [2.24, 2.45) is 11.8 Å². The molecule has 0 radical (unpaired) electrons. The van der Waals surface area contributed by atoms with Crippen LogP contribution < -0.4 is 0 Å². The molecule has 0 amide bonds. The number of benzene rings is 1. The van der Waals surface area contributed by atoms with E-state index in [4.69, 9.17) is 5.26 Å². The molecule has 3 unspecified atom stereocenters. The number of rotatable bonds is 5. The number of hydrogen-bond donors (Lipinski definition) is 1. The molecule has 1 aromatic carbocycles. The highest BCUT2D eigenvalue weighted by Gasteiger charge is 2.33. The van der Waals surface area contributed by atoms with Crippen LogP contribution in [0.4, 0.5) is 0 Å². The second-order valence-corrected chi connectivity index (χ2v) is 5.44. The van der Waals surface area contributed by atoms with Crippen molar-refractivity contribution in [3.63, 3.8) is 0 Å². The third-order valence-corrected chi connectivity index (χ3v) is 3.73. The Morgan fingerprint density at radius 3 is 2.56 bits per heavy atom. The molecule has 1 fully saturated rings. The average Bonchev–Trinajstić information content (AvgIpc) is 3.04. The summed E-state index contributed by atoms with van der Waals surface area (Å²) in [7, 11) is 2.05. The van der Waals surface area contributed by atoms with Gasteiger partial charge in [0.15, 0.2) is 0 Å². The Kier molecular flexibility index (Phi) is 4.00. The lowest BCUT2D eigenvalue weighted by atomic mass is 10.1. The molecule has 96 valence electrons. The molecule has 3 heteroatoms. The van der Waals surface area contributed by atoms with E-state index in [-0.39, 0.29) is 0 Å². The summed E-state index contributed by atoms with van der Waals surface area (Å²) in [5.74, 6) is 1.66. The van der Waals surface area contributed by atoms with Crippen LogP contribution in [0.25, 0.3) is 0 Å². The van der Waals surface area contributed by atoms with E-state index in [0.717, 1.165) is 23.9 Å². The van der Waals surface area contributed by atoms with Crippen LogP contribution in [0, 0.1) is 23.2 Å². The third-order valence-electron chi connectivity index (χ3n) is 3.73. The maximum atomic E-state index is 10.1. The molecular formula is C15H20N2O. The fraction of sp³-hybridized carbons (Fsp3) is 0.533. The number of nitriles is 1. The lowest BCUT2D eigenvalue weighted by Gasteiger charge is -2.20. The van der Waals surface area contributed by atoms with Gasteiger partial charge in [-0.1, -0.05) is 19.1 Å². The minimum Gasteiger partial charge on any atom is -0.387 e. The zero-order valence-corrected chi connectivity index (χ0v) is 11.0. The Morgan fingerprint density at radius 1 is 1.44 bits per heavy atom. The van der Waals surface area contributed by atoms with Crippen LogP contribution in [-0.2, 0) is 0 Å². The predicted molar refractivity (Wildman–Crippen MR) is 70.9 cm³/mol. The first kappa shape index (κ1) is 13.1. The van der Waals surface area contributed by atoms with Gasteiger partial charge in [-0.3, -0.25) is 0 Å². The van der Waals surface area contributed by atoms with Crippen LogP contribution >= 0.6 is 0 Å². The van der Waals surface area contributed by atoms with Crippen molar-refractivity contribution in [1.29, 1.82) is 5.26 Å². The molecule has 2 rings (SSSR count). The lowest BCUT2D eigenvalue weighted by Crippen LogP contribution is -2.27. The standard InChI is InChI=1S/C15H20N2O/c1-11-7-14(11)9-17(2)10-15(18)13-5-3-12(8-16)4-6-13/h3-6,11,14-15,18H,7,9-10H2,1-2H3. The van der Waals surface area contributed by atoms with Crippen LogP contribution in [-0.4, -0.2) is 30.1 Å². The number of likely N-dealkylation sites (N-methyl/N-ethyl adjacent to an activating group) is 1. The molecule has 1 aliphatic carbocycles. The van der Waals surface area contributed by atoms with Crippen molar-refractivity contribution in [3.8, 4) is 6.07 Å². The monoisotopic (exact) mass is 244 g/mol. The van der Waals surface area contributed by atoms with Crippen molar-refractivity contribution in [2.45, 2.75) is 19.4 Å². The second-order valence-electron chi connectivity index (χ2n) is 5.44. The van der Waals surface area contributed by atoms with Crippen LogP contribution in [0.3, 0.4) is 0 Å². The van der Waals surface area contributed by atoms with Crippen molar-refractivity contribution in [2.75, 3.05) is 20.1 Å². The van der Waals surface area contributed by atoms with Crippen LogP contribution in [0.2, 0.25) is 0 Å². The molecule has 0 spiro atoms. The fourth-order valence-corrected chi connectivity index (χ4v) is 2.31. The number of nitrogens with zero attached hydrogens (tertiary/aromatic N) is 2. The molecule has 3 nitrogen and oxygen atoms in total. The molecular weight excluding hydrogens is 224 g/mol. The molecule has 0 saturated heterocycles. The van der Waals surface area contributed by atoms with Crippen molar-refractivity contribution in [1.82, 2.24) is 4.90 Å². The van der Waals surface area contributed by atoms with Gasteiger partial charge in [-0.2, -0.15) is 5.26 Å². The summed E-state index contributed by atoms with van der Waals surface area (Å²) in [6, 6.07) is 9.24. The maximum absolute atomic E-state index is 10.1. The molecule has 1 aromatic rings. The maximum Gasteiger partial charge on any atom is 0.0991 e. The van der Waals surface area contributed by atoms with E-state index in [0.29, 0.717) is 12.1 Å². The smallest absolute Gasteiger partial charge is 0.0991 e. The first-order valence-corrected chi connectivity index (χ1v) is 6.47.